The zero-order chi connectivity index (χ0) is 18.9. The van der Waals surface area contributed by atoms with Crippen molar-refractivity contribution in [2.45, 2.75) is 12.2 Å². The number of hydrogen-bond donors (Lipinski definition) is 2. The molecule has 0 radical (unpaired) electrons. The molecule has 15 nitrogen and oxygen atoms in total. The van der Waals surface area contributed by atoms with Crippen molar-refractivity contribution in [1.82, 2.24) is 0 Å². The summed E-state index contributed by atoms with van der Waals surface area (Å²) in [4.78, 5) is 53.6. The Morgan fingerprint density at radius 3 is 1.79 bits per heavy atom. The Morgan fingerprint density at radius 2 is 1.41 bits per heavy atom. The quantitative estimate of drug-likeness (QED) is 0.169. The topological polar surface area (TPSA) is 261 Å². The van der Waals surface area contributed by atoms with Crippen LogP contribution in [-0.4, -0.2) is 35.0 Å². The van der Waals surface area contributed by atoms with E-state index in [-0.39, 0.29) is 148 Å². The Morgan fingerprint density at radius 1 is 0.966 bits per heavy atom. The summed E-state index contributed by atoms with van der Waals surface area (Å²) in [6, 6.07) is 0. The Bertz CT molecular complexity index is 694. The van der Waals surface area contributed by atoms with E-state index in [2.05, 4.69) is 17.9 Å². The Labute approximate surface area is 274 Å². The molecule has 0 bridgehead atoms. The first-order valence-corrected chi connectivity index (χ1v) is 9.73. The molecule has 140 valence electrons. The maximum Gasteiger partial charge on any atom is 1.00 e. The van der Waals surface area contributed by atoms with Crippen LogP contribution in [0.15, 0.2) is 11.5 Å². The number of cyclic esters (lactones) is 1. The number of carbonyl (C=O) groups is 1. The van der Waals surface area contributed by atoms with Crippen LogP contribution in [0, 0.1) is 0 Å². The molecule has 0 aromatic carbocycles. The maximum atomic E-state index is 11.6. The summed E-state index contributed by atoms with van der Waals surface area (Å²) in [5.41, 5.74) is 0. The molecule has 1 rings (SSSR count). The van der Waals surface area contributed by atoms with Crippen LogP contribution in [0.5, 0.6) is 0 Å². The molecule has 2 N–H and O–H groups in total. The van der Waals surface area contributed by atoms with Gasteiger partial charge in [-0.3, -0.25) is 13.4 Å². The molecule has 0 aromatic heterocycles. The summed E-state index contributed by atoms with van der Waals surface area (Å²) in [7, 11) is -18.6. The number of aliphatic hydroxyl groups excluding tert-OH is 2. The van der Waals surface area contributed by atoms with Gasteiger partial charge in [0.25, 0.3) is 7.82 Å². The first-order valence-electron chi connectivity index (χ1n) is 5.35. The fourth-order valence-electron chi connectivity index (χ4n) is 1.27. The number of carbonyl (C=O) groups excluding carboxylic acids is 1. The van der Waals surface area contributed by atoms with E-state index in [4.69, 9.17) is 10.2 Å². The SMILES string of the molecule is O=C1O[C@H]([C@@H](O)CO)C([O-])=C1OP(=O)([O-])OP(=O)([O-])OP(=O)([O-])[O-].[Na+].[Na+].[Na+].[Na+].[Na+]. The van der Waals surface area contributed by atoms with Gasteiger partial charge < -0.3 is 48.7 Å². The number of phosphoric ester groups is 1. The molecule has 1 aliphatic heterocycles. The predicted molar refractivity (Wildman–Crippen MR) is 56.1 cm³/mol. The molecule has 23 heteroatoms. The molecule has 1 heterocycles. The van der Waals surface area contributed by atoms with Gasteiger partial charge in [-0.15, -0.1) is 0 Å². The van der Waals surface area contributed by atoms with Crippen molar-refractivity contribution >= 4 is 29.4 Å². The van der Waals surface area contributed by atoms with Crippen molar-refractivity contribution in [3.8, 4) is 0 Å². The van der Waals surface area contributed by atoms with Crippen LogP contribution in [0.3, 0.4) is 0 Å². The van der Waals surface area contributed by atoms with E-state index in [1.165, 1.54) is 0 Å². The second-order valence-electron chi connectivity index (χ2n) is 3.87. The Hall–Kier alpha value is 4.18. The van der Waals surface area contributed by atoms with E-state index < -0.39 is 59.8 Å². The second-order valence-corrected chi connectivity index (χ2v) is 8.04. The van der Waals surface area contributed by atoms with Crippen LogP contribution in [0.25, 0.3) is 0 Å². The first-order chi connectivity index (χ1) is 10.7. The summed E-state index contributed by atoms with van der Waals surface area (Å²) in [6.45, 7) is -1.06. The van der Waals surface area contributed by atoms with Gasteiger partial charge >= 0.3 is 162 Å². The minimum atomic E-state index is -6.28. The predicted octanol–water partition coefficient (Wildman–Crippen LogP) is -20.3. The largest absolute Gasteiger partial charge is 1.00 e. The molecule has 0 aliphatic carbocycles. The molecule has 1 aliphatic rings. The molecule has 0 fully saturated rings. The first kappa shape index (κ1) is 43.3. The van der Waals surface area contributed by atoms with Gasteiger partial charge in [-0.2, -0.15) is 0 Å². The number of ether oxygens (including phenoxy) is 1. The fraction of sp³-hybridized carbons (Fsp3) is 0.500. The van der Waals surface area contributed by atoms with E-state index >= 15 is 0 Å². The normalized spacial score (nSPS) is 20.6. The van der Waals surface area contributed by atoms with Gasteiger partial charge in [0.05, 0.1) is 14.4 Å². The average Bonchev–Trinajstić information content (AvgIpc) is 2.61. The second kappa shape index (κ2) is 17.6. The van der Waals surface area contributed by atoms with Crippen molar-refractivity contribution < 1.29 is 219 Å². The molecular formula is C6H6Na5O15P3. The van der Waals surface area contributed by atoms with E-state index in [0.717, 1.165) is 0 Å². The third-order valence-corrected chi connectivity index (χ3v) is 5.65. The molecule has 2 unspecified atom stereocenters. The Balaban J connectivity index is -0.000000384. The molecule has 4 atom stereocenters. The minimum absolute atomic E-state index is 0. The molecule has 29 heavy (non-hydrogen) atoms. The summed E-state index contributed by atoms with van der Waals surface area (Å²) >= 11 is 0. The van der Waals surface area contributed by atoms with Gasteiger partial charge in [-0.25, -0.2) is 9.11 Å². The number of phosphoric acid groups is 3. The number of hydrogen-bond acceptors (Lipinski definition) is 15. The zero-order valence-corrected chi connectivity index (χ0v) is 28.6. The fourth-order valence-corrected chi connectivity index (χ4v) is 4.14. The average molecular weight is 526 g/mol. The molecule has 0 amide bonds. The summed E-state index contributed by atoms with van der Waals surface area (Å²) in [6.07, 6.45) is -3.97. The van der Waals surface area contributed by atoms with Crippen molar-refractivity contribution in [2.75, 3.05) is 6.61 Å². The van der Waals surface area contributed by atoms with Crippen molar-refractivity contribution in [3.63, 3.8) is 0 Å². The van der Waals surface area contributed by atoms with Crippen LogP contribution in [0.1, 0.15) is 0 Å². The van der Waals surface area contributed by atoms with E-state index in [9.17, 15) is 43.2 Å². The molecular weight excluding hydrogens is 520 g/mol. The van der Waals surface area contributed by atoms with Crippen molar-refractivity contribution in [2.24, 2.45) is 0 Å². The summed E-state index contributed by atoms with van der Waals surface area (Å²) in [5, 5.41) is 29.4. The number of esters is 1. The van der Waals surface area contributed by atoms with Crippen LogP contribution in [0.2, 0.25) is 0 Å². The number of rotatable bonds is 8. The third kappa shape index (κ3) is 15.7. The van der Waals surface area contributed by atoms with Gasteiger partial charge in [-0.05, 0) is 5.76 Å². The third-order valence-electron chi connectivity index (χ3n) is 2.04. The van der Waals surface area contributed by atoms with Gasteiger partial charge in [0.1, 0.15) is 12.2 Å². The van der Waals surface area contributed by atoms with E-state index in [1.807, 2.05) is 0 Å². The Kier molecular flexibility index (Phi) is 26.2. The van der Waals surface area contributed by atoms with Gasteiger partial charge in [0.15, 0.2) is 0 Å². The summed E-state index contributed by atoms with van der Waals surface area (Å²) < 4.78 is 46.2. The number of aliphatic hydroxyl groups is 2. The monoisotopic (exact) mass is 526 g/mol. The zero-order valence-electron chi connectivity index (χ0n) is 15.9. The summed E-state index contributed by atoms with van der Waals surface area (Å²) in [5.74, 6) is -4.98. The van der Waals surface area contributed by atoms with Crippen molar-refractivity contribution in [3.05, 3.63) is 11.5 Å². The maximum absolute atomic E-state index is 11.6. The van der Waals surface area contributed by atoms with Crippen LogP contribution in [0.4, 0.5) is 0 Å². The molecule has 0 saturated heterocycles. The smallest absolute Gasteiger partial charge is 0.870 e. The van der Waals surface area contributed by atoms with Crippen LogP contribution < -0.4 is 172 Å². The van der Waals surface area contributed by atoms with Gasteiger partial charge in [-0.1, -0.05) is 0 Å². The van der Waals surface area contributed by atoms with Crippen molar-refractivity contribution in [1.29, 1.82) is 0 Å². The molecule has 0 aromatic rings. The van der Waals surface area contributed by atoms with Gasteiger partial charge in [0.2, 0.25) is 5.76 Å². The van der Waals surface area contributed by atoms with Crippen LogP contribution >= 0.6 is 23.5 Å². The molecule has 0 saturated carbocycles. The van der Waals surface area contributed by atoms with Crippen LogP contribution in [-0.2, 0) is 36.4 Å². The standard InChI is InChI=1S/C6H11O15P3.5Na/c7-1-2(8)4-3(9)5(6(10)18-4)19-23(14,15)21-24(16,17)20-22(11,12)13;;;;;/h2,4,7-9H,1H2,(H,14,15)(H,16,17)(H2,11,12,13);;;;;/q;5*+1/p-5/t2-,4+;;;;;/m0...../s1. The van der Waals surface area contributed by atoms with Gasteiger partial charge in [0, 0.05) is 0 Å². The molecule has 0 spiro atoms. The van der Waals surface area contributed by atoms with E-state index in [1.54, 1.807) is 0 Å². The van der Waals surface area contributed by atoms with E-state index in [0.29, 0.717) is 0 Å². The minimum Gasteiger partial charge on any atom is -0.870 e.